The number of ether oxygens (including phenoxy) is 2. The molecule has 2 heterocycles. The predicted molar refractivity (Wildman–Crippen MR) is 129 cm³/mol. The van der Waals surface area contributed by atoms with Crippen LogP contribution in [-0.4, -0.2) is 66.6 Å². The second-order valence-corrected chi connectivity index (χ2v) is 10.4. The van der Waals surface area contributed by atoms with Crippen LogP contribution in [0.5, 0.6) is 5.75 Å². The molecule has 0 aromatic heterocycles. The Morgan fingerprint density at radius 1 is 1.06 bits per heavy atom. The quantitative estimate of drug-likeness (QED) is 0.576. The summed E-state index contributed by atoms with van der Waals surface area (Å²) in [7, 11) is 0. The Morgan fingerprint density at radius 2 is 1.82 bits per heavy atom. The number of hydrogen-bond donors (Lipinski definition) is 0. The van der Waals surface area contributed by atoms with Crippen LogP contribution in [0.15, 0.2) is 18.2 Å². The van der Waals surface area contributed by atoms with E-state index in [1.54, 1.807) is 0 Å². The van der Waals surface area contributed by atoms with E-state index in [-0.39, 0.29) is 24.8 Å². The minimum Gasteiger partial charge on any atom is -0.490 e. The fourth-order valence-corrected chi connectivity index (χ4v) is 5.46. The van der Waals surface area contributed by atoms with Crippen LogP contribution in [0.2, 0.25) is 5.02 Å². The second-order valence-electron chi connectivity index (χ2n) is 10.0. The average Bonchev–Trinajstić information content (AvgIpc) is 3.34. The van der Waals surface area contributed by atoms with E-state index in [0.29, 0.717) is 42.8 Å². The molecule has 1 aliphatic carbocycles. The predicted octanol–water partition coefficient (Wildman–Crippen LogP) is 4.61. The third-order valence-electron chi connectivity index (χ3n) is 7.35. The molecule has 3 fully saturated rings. The number of hydrogen-bond acceptors (Lipinski definition) is 4. The molecule has 2 aliphatic heterocycles. The first-order valence-electron chi connectivity index (χ1n) is 12.5. The summed E-state index contributed by atoms with van der Waals surface area (Å²) in [5, 5.41) is 0.690. The first kappa shape index (κ1) is 24.3. The number of amides is 2. The van der Waals surface area contributed by atoms with Gasteiger partial charge in [-0.05, 0) is 68.7 Å². The van der Waals surface area contributed by atoms with Crippen LogP contribution in [0.3, 0.4) is 0 Å². The van der Waals surface area contributed by atoms with E-state index in [1.165, 1.54) is 19.3 Å². The molecule has 1 atom stereocenters. The van der Waals surface area contributed by atoms with Crippen molar-refractivity contribution in [1.82, 2.24) is 9.80 Å². The number of carbonyl (C=O) groups is 2. The highest BCUT2D eigenvalue weighted by Gasteiger charge is 2.42. The number of likely N-dealkylation sites (tertiary alicyclic amines) is 1. The Kier molecular flexibility index (Phi) is 8.18. The Hall–Kier alpha value is -1.79. The molecule has 4 rings (SSSR count). The van der Waals surface area contributed by atoms with E-state index in [9.17, 15) is 9.59 Å². The van der Waals surface area contributed by atoms with Crippen molar-refractivity contribution < 1.29 is 19.1 Å². The summed E-state index contributed by atoms with van der Waals surface area (Å²) >= 11 is 6.16. The van der Waals surface area contributed by atoms with Crippen molar-refractivity contribution in [2.75, 3.05) is 39.4 Å². The van der Waals surface area contributed by atoms with Crippen molar-refractivity contribution in [3.8, 4) is 5.75 Å². The largest absolute Gasteiger partial charge is 0.490 e. The van der Waals surface area contributed by atoms with Crippen LogP contribution in [0, 0.1) is 12.8 Å². The highest BCUT2D eigenvalue weighted by Crippen LogP contribution is 2.31. The minimum absolute atomic E-state index is 0.0932. The molecule has 0 unspecified atom stereocenters. The van der Waals surface area contributed by atoms with Crippen molar-refractivity contribution >= 4 is 23.4 Å². The van der Waals surface area contributed by atoms with Crippen LogP contribution in [-0.2, 0) is 14.3 Å². The third-order valence-corrected chi connectivity index (χ3v) is 7.78. The Morgan fingerprint density at radius 3 is 2.55 bits per heavy atom. The molecule has 182 valence electrons. The monoisotopic (exact) mass is 476 g/mol. The minimum atomic E-state index is -0.842. The molecular formula is C26H37ClN2O4. The molecule has 33 heavy (non-hydrogen) atoms. The maximum absolute atomic E-state index is 13.2. The Bertz CT molecular complexity index is 836. The summed E-state index contributed by atoms with van der Waals surface area (Å²) in [5.74, 6) is 1.47. The van der Waals surface area contributed by atoms with Crippen LogP contribution in [0.25, 0.3) is 0 Å². The number of morpholine rings is 1. The molecule has 3 aliphatic rings. The zero-order valence-corrected chi connectivity index (χ0v) is 20.6. The Balaban J connectivity index is 1.47. The summed E-state index contributed by atoms with van der Waals surface area (Å²) in [6.07, 6.45) is 8.85. The number of aryl methyl sites for hydroxylation is 1. The molecule has 0 bridgehead atoms. The summed E-state index contributed by atoms with van der Waals surface area (Å²) in [5.41, 5.74) is 0.0941. The number of rotatable bonds is 7. The van der Waals surface area contributed by atoms with E-state index < -0.39 is 5.60 Å². The number of carbonyl (C=O) groups excluding carboxylic acids is 2. The zero-order valence-electron chi connectivity index (χ0n) is 19.8. The van der Waals surface area contributed by atoms with Crippen molar-refractivity contribution in [2.24, 2.45) is 5.92 Å². The van der Waals surface area contributed by atoms with E-state index in [4.69, 9.17) is 21.1 Å². The fourth-order valence-electron chi connectivity index (χ4n) is 5.35. The Labute approximate surface area is 202 Å². The molecule has 7 heteroatoms. The highest BCUT2D eigenvalue weighted by atomic mass is 35.5. The molecule has 6 nitrogen and oxygen atoms in total. The van der Waals surface area contributed by atoms with Gasteiger partial charge in [0.15, 0.2) is 0 Å². The van der Waals surface area contributed by atoms with Crippen LogP contribution < -0.4 is 4.74 Å². The van der Waals surface area contributed by atoms with Gasteiger partial charge in [0, 0.05) is 31.1 Å². The van der Waals surface area contributed by atoms with Gasteiger partial charge in [-0.3, -0.25) is 9.59 Å². The number of halogens is 1. The molecule has 1 saturated carbocycles. The van der Waals surface area contributed by atoms with Gasteiger partial charge in [0.1, 0.15) is 18.0 Å². The van der Waals surface area contributed by atoms with E-state index in [0.717, 1.165) is 44.3 Å². The lowest BCUT2D eigenvalue weighted by atomic mass is 9.95. The van der Waals surface area contributed by atoms with Gasteiger partial charge in [0.25, 0.3) is 0 Å². The third kappa shape index (κ3) is 6.42. The summed E-state index contributed by atoms with van der Waals surface area (Å²) < 4.78 is 12.4. The van der Waals surface area contributed by atoms with Crippen LogP contribution >= 0.6 is 11.6 Å². The highest BCUT2D eigenvalue weighted by molar-refractivity contribution is 6.31. The normalized spacial score (nSPS) is 24.2. The van der Waals surface area contributed by atoms with Gasteiger partial charge in [-0.25, -0.2) is 0 Å². The summed E-state index contributed by atoms with van der Waals surface area (Å²) in [6, 6.07) is 5.55. The van der Waals surface area contributed by atoms with Crippen molar-refractivity contribution in [2.45, 2.75) is 70.3 Å². The average molecular weight is 477 g/mol. The summed E-state index contributed by atoms with van der Waals surface area (Å²) in [6.45, 7) is 5.15. The van der Waals surface area contributed by atoms with Crippen molar-refractivity contribution in [1.29, 1.82) is 0 Å². The zero-order chi connectivity index (χ0) is 23.3. The molecule has 2 saturated heterocycles. The first-order chi connectivity index (χ1) is 15.9. The van der Waals surface area contributed by atoms with Gasteiger partial charge in [-0.15, -0.1) is 0 Å². The molecular weight excluding hydrogens is 440 g/mol. The number of piperidine rings is 1. The maximum Gasteiger partial charge on any atom is 0.225 e. The van der Waals surface area contributed by atoms with Gasteiger partial charge in [0.05, 0.1) is 19.6 Å². The van der Waals surface area contributed by atoms with Gasteiger partial charge >= 0.3 is 0 Å². The van der Waals surface area contributed by atoms with Crippen molar-refractivity contribution in [3.63, 3.8) is 0 Å². The SMILES string of the molecule is Cc1cc(OC[C@@]2(CC(=O)N3CCCCC3)CN(C(=O)CC3CCCC3)CCO2)ccc1Cl. The van der Waals surface area contributed by atoms with Crippen LogP contribution in [0.1, 0.15) is 63.4 Å². The lowest BCUT2D eigenvalue weighted by molar-refractivity contribution is -0.166. The van der Waals surface area contributed by atoms with Gasteiger partial charge in [0.2, 0.25) is 11.8 Å². The fraction of sp³-hybridized carbons (Fsp3) is 0.692. The summed E-state index contributed by atoms with van der Waals surface area (Å²) in [4.78, 5) is 30.2. The molecule has 0 spiro atoms. The van der Waals surface area contributed by atoms with E-state index >= 15 is 0 Å². The van der Waals surface area contributed by atoms with Gasteiger partial charge in [-0.1, -0.05) is 24.4 Å². The molecule has 1 aromatic rings. The lowest BCUT2D eigenvalue weighted by Crippen LogP contribution is -2.58. The van der Waals surface area contributed by atoms with E-state index in [1.807, 2.05) is 34.9 Å². The van der Waals surface area contributed by atoms with Crippen LogP contribution in [0.4, 0.5) is 0 Å². The molecule has 2 amide bonds. The number of benzene rings is 1. The van der Waals surface area contributed by atoms with Crippen molar-refractivity contribution in [3.05, 3.63) is 28.8 Å². The van der Waals surface area contributed by atoms with Gasteiger partial charge in [-0.2, -0.15) is 0 Å². The number of nitrogens with zero attached hydrogens (tertiary/aromatic N) is 2. The topological polar surface area (TPSA) is 59.1 Å². The molecule has 0 radical (unpaired) electrons. The standard InChI is InChI=1S/C26H37ClN2O4/c1-20-15-22(9-10-23(20)27)32-19-26(17-25(31)28-11-5-2-6-12-28)18-29(13-14-33-26)24(30)16-21-7-3-4-8-21/h9-10,15,21H,2-8,11-14,16-19H2,1H3/t26-/m1/s1. The molecule has 1 aromatic carbocycles. The smallest absolute Gasteiger partial charge is 0.225 e. The van der Waals surface area contributed by atoms with Gasteiger partial charge < -0.3 is 19.3 Å². The lowest BCUT2D eigenvalue weighted by Gasteiger charge is -2.43. The second kappa shape index (κ2) is 11.1. The first-order valence-corrected chi connectivity index (χ1v) is 12.9. The van der Waals surface area contributed by atoms with E-state index in [2.05, 4.69) is 0 Å². The molecule has 0 N–H and O–H groups in total. The maximum atomic E-state index is 13.2.